The van der Waals surface area contributed by atoms with Crippen LogP contribution in [0.2, 0.25) is 0 Å². The Labute approximate surface area is 201 Å². The van der Waals surface area contributed by atoms with Crippen LogP contribution in [0.5, 0.6) is 0 Å². The van der Waals surface area contributed by atoms with Crippen LogP contribution in [0.25, 0.3) is 11.4 Å². The molecule has 2 unspecified atom stereocenters. The molecule has 34 heavy (non-hydrogen) atoms. The molecule has 178 valence electrons. The van der Waals surface area contributed by atoms with Gasteiger partial charge in [-0.3, -0.25) is 10.1 Å². The summed E-state index contributed by atoms with van der Waals surface area (Å²) in [5, 5.41) is 7.83. The van der Waals surface area contributed by atoms with Crippen molar-refractivity contribution < 1.29 is 9.53 Å². The number of carbonyl (C=O) groups is 1. The van der Waals surface area contributed by atoms with Gasteiger partial charge in [0.05, 0.1) is 18.9 Å². The van der Waals surface area contributed by atoms with Crippen LogP contribution in [0.15, 0.2) is 48.7 Å². The lowest BCUT2D eigenvalue weighted by molar-refractivity contribution is 0.0398. The monoisotopic (exact) mass is 459 g/mol. The molecule has 2 aliphatic rings. The number of pyridine rings is 1. The molecule has 7 nitrogen and oxygen atoms in total. The number of benzene rings is 1. The molecule has 7 heteroatoms. The summed E-state index contributed by atoms with van der Waals surface area (Å²) in [5.41, 5.74) is 6.56. The van der Waals surface area contributed by atoms with Crippen molar-refractivity contribution in [3.05, 3.63) is 71.0 Å². The number of carbonyl (C=O) groups excluding carboxylic acids is 1. The summed E-state index contributed by atoms with van der Waals surface area (Å²) in [6, 6.07) is 15.1. The molecule has 0 aliphatic carbocycles. The zero-order valence-corrected chi connectivity index (χ0v) is 20.0. The van der Waals surface area contributed by atoms with E-state index >= 15 is 0 Å². The predicted octanol–water partition coefficient (Wildman–Crippen LogP) is 4.37. The number of aromatic amines is 1. The molecule has 2 fully saturated rings. The van der Waals surface area contributed by atoms with Crippen molar-refractivity contribution in [3.63, 3.8) is 0 Å². The molecule has 0 saturated carbocycles. The summed E-state index contributed by atoms with van der Waals surface area (Å²) in [4.78, 5) is 21.9. The smallest absolute Gasteiger partial charge is 0.320 e. The number of amides is 2. The number of hydrogen-bond acceptors (Lipinski definition) is 4. The molecule has 2 aliphatic heterocycles. The lowest BCUT2D eigenvalue weighted by atomic mass is 9.82. The van der Waals surface area contributed by atoms with Gasteiger partial charge < -0.3 is 14.5 Å². The van der Waals surface area contributed by atoms with E-state index in [2.05, 4.69) is 59.4 Å². The van der Waals surface area contributed by atoms with Gasteiger partial charge in [0, 0.05) is 49.9 Å². The highest BCUT2D eigenvalue weighted by atomic mass is 16.5. The molecule has 0 radical (unpaired) electrons. The zero-order valence-electron chi connectivity index (χ0n) is 20.0. The molecule has 4 heterocycles. The van der Waals surface area contributed by atoms with Gasteiger partial charge in [-0.15, -0.1) is 0 Å². The molecule has 1 N–H and O–H groups in total. The minimum atomic E-state index is 0.114. The van der Waals surface area contributed by atoms with Crippen LogP contribution < -0.4 is 0 Å². The van der Waals surface area contributed by atoms with Crippen LogP contribution >= 0.6 is 0 Å². The molecule has 1 aromatic carbocycles. The first-order valence-electron chi connectivity index (χ1n) is 12.3. The van der Waals surface area contributed by atoms with Crippen molar-refractivity contribution >= 4 is 6.03 Å². The Bertz CT molecular complexity index is 1120. The van der Waals surface area contributed by atoms with E-state index in [1.165, 1.54) is 11.1 Å². The van der Waals surface area contributed by atoms with Crippen LogP contribution in [0.3, 0.4) is 0 Å². The Morgan fingerprint density at radius 2 is 1.79 bits per heavy atom. The number of aromatic nitrogens is 3. The van der Waals surface area contributed by atoms with Crippen LogP contribution in [0.4, 0.5) is 4.79 Å². The van der Waals surface area contributed by atoms with Crippen LogP contribution in [0, 0.1) is 6.92 Å². The maximum atomic E-state index is 13.4. The Morgan fingerprint density at radius 1 is 1.03 bits per heavy atom. The molecule has 0 spiro atoms. The molecule has 5 rings (SSSR count). The van der Waals surface area contributed by atoms with Gasteiger partial charge in [0.2, 0.25) is 0 Å². The fourth-order valence-electron chi connectivity index (χ4n) is 5.06. The molecule has 0 bridgehead atoms. The fourth-order valence-corrected chi connectivity index (χ4v) is 5.06. The van der Waals surface area contributed by atoms with Gasteiger partial charge in [-0.1, -0.05) is 31.2 Å². The molecule has 2 atom stereocenters. The third-order valence-corrected chi connectivity index (χ3v) is 7.08. The molecular weight excluding hydrogens is 426 g/mol. The van der Waals surface area contributed by atoms with Crippen molar-refractivity contribution in [2.75, 3.05) is 39.4 Å². The summed E-state index contributed by atoms with van der Waals surface area (Å²) in [6.07, 6.45) is 3.82. The first-order valence-corrected chi connectivity index (χ1v) is 12.3. The van der Waals surface area contributed by atoms with E-state index in [9.17, 15) is 4.79 Å². The number of rotatable bonds is 4. The van der Waals surface area contributed by atoms with Crippen molar-refractivity contribution in [1.29, 1.82) is 0 Å². The van der Waals surface area contributed by atoms with Crippen LogP contribution in [0.1, 0.15) is 47.6 Å². The number of hydrogen-bond donors (Lipinski definition) is 1. The minimum absolute atomic E-state index is 0.114. The Kier molecular flexibility index (Phi) is 6.63. The third kappa shape index (κ3) is 4.85. The summed E-state index contributed by atoms with van der Waals surface area (Å²) < 4.78 is 5.46. The standard InChI is InChI=1S/C27H33N5O2/c1-3-20-4-6-21(7-5-20)22-15-23(18-32(17-22)27(33)31-10-12-34-13-11-31)24-16-26(30-29-24)25-14-19(2)8-9-28-25/h4-9,14,16,22-23H,3,10-13,15,17-18H2,1-2H3,(H,29,30). The number of morpholine rings is 1. The first kappa shape index (κ1) is 22.6. The number of H-pyrrole nitrogens is 1. The SMILES string of the molecule is CCc1ccc(C2CC(c3cc(-c4cc(C)ccn4)n[nH]3)CN(C(=O)N3CCOCC3)C2)cc1. The summed E-state index contributed by atoms with van der Waals surface area (Å²) in [7, 11) is 0. The number of ether oxygens (including phenoxy) is 1. The highest BCUT2D eigenvalue weighted by molar-refractivity contribution is 5.75. The maximum absolute atomic E-state index is 13.4. The predicted molar refractivity (Wildman–Crippen MR) is 132 cm³/mol. The third-order valence-electron chi connectivity index (χ3n) is 7.08. The second-order valence-corrected chi connectivity index (χ2v) is 9.44. The van der Waals surface area contributed by atoms with E-state index in [1.807, 2.05) is 28.1 Å². The van der Waals surface area contributed by atoms with E-state index in [0.29, 0.717) is 32.8 Å². The lowest BCUT2D eigenvalue weighted by Gasteiger charge is -2.41. The van der Waals surface area contributed by atoms with Crippen molar-refractivity contribution in [3.8, 4) is 11.4 Å². The average molecular weight is 460 g/mol. The van der Waals surface area contributed by atoms with Crippen molar-refractivity contribution in [1.82, 2.24) is 25.0 Å². The highest BCUT2D eigenvalue weighted by Crippen LogP contribution is 2.36. The molecule has 2 amide bonds. The normalized spacial score (nSPS) is 21.0. The summed E-state index contributed by atoms with van der Waals surface area (Å²) in [5.74, 6) is 0.458. The molecular formula is C27H33N5O2. The molecule has 2 aromatic heterocycles. The average Bonchev–Trinajstić information content (AvgIpc) is 3.39. The number of urea groups is 1. The van der Waals surface area contributed by atoms with Gasteiger partial charge in [-0.25, -0.2) is 4.79 Å². The number of nitrogens with one attached hydrogen (secondary N) is 1. The first-order chi connectivity index (χ1) is 16.6. The van der Waals surface area contributed by atoms with Gasteiger partial charge in [0.1, 0.15) is 5.69 Å². The van der Waals surface area contributed by atoms with Gasteiger partial charge in [-0.05, 0) is 54.7 Å². The van der Waals surface area contributed by atoms with E-state index in [4.69, 9.17) is 4.74 Å². The summed E-state index contributed by atoms with van der Waals surface area (Å²) in [6.45, 7) is 8.18. The Hall–Kier alpha value is -3.19. The second kappa shape index (κ2) is 9.97. The topological polar surface area (TPSA) is 74.4 Å². The van der Waals surface area contributed by atoms with Gasteiger partial charge >= 0.3 is 6.03 Å². The second-order valence-electron chi connectivity index (χ2n) is 9.44. The minimum Gasteiger partial charge on any atom is -0.378 e. The fraction of sp³-hybridized carbons (Fsp3) is 0.444. The van der Waals surface area contributed by atoms with Crippen molar-refractivity contribution in [2.24, 2.45) is 0 Å². The zero-order chi connectivity index (χ0) is 23.5. The summed E-state index contributed by atoms with van der Waals surface area (Å²) >= 11 is 0. The van der Waals surface area contributed by atoms with Gasteiger partial charge in [0.15, 0.2) is 0 Å². The lowest BCUT2D eigenvalue weighted by Crippen LogP contribution is -2.52. The number of aryl methyl sites for hydroxylation is 2. The van der Waals surface area contributed by atoms with Gasteiger partial charge in [-0.2, -0.15) is 5.10 Å². The van der Waals surface area contributed by atoms with E-state index in [0.717, 1.165) is 42.0 Å². The van der Waals surface area contributed by atoms with Crippen molar-refractivity contribution in [2.45, 2.75) is 38.5 Å². The van der Waals surface area contributed by atoms with Crippen LogP contribution in [-0.4, -0.2) is 70.4 Å². The van der Waals surface area contributed by atoms with E-state index < -0.39 is 0 Å². The van der Waals surface area contributed by atoms with E-state index in [-0.39, 0.29) is 17.9 Å². The Balaban J connectivity index is 1.41. The number of piperidine rings is 1. The number of nitrogens with zero attached hydrogens (tertiary/aromatic N) is 4. The number of likely N-dealkylation sites (tertiary alicyclic amines) is 1. The van der Waals surface area contributed by atoms with Crippen LogP contribution in [-0.2, 0) is 11.2 Å². The van der Waals surface area contributed by atoms with Gasteiger partial charge in [0.25, 0.3) is 0 Å². The Morgan fingerprint density at radius 3 is 2.53 bits per heavy atom. The molecule has 2 saturated heterocycles. The van der Waals surface area contributed by atoms with E-state index in [1.54, 1.807) is 0 Å². The largest absolute Gasteiger partial charge is 0.378 e. The quantitative estimate of drug-likeness (QED) is 0.629. The molecule has 3 aromatic rings. The maximum Gasteiger partial charge on any atom is 0.320 e. The highest BCUT2D eigenvalue weighted by Gasteiger charge is 2.35.